The number of aryl methyl sites for hydroxylation is 1. The van der Waals surface area contributed by atoms with Crippen LogP contribution in [0.2, 0.25) is 0 Å². The lowest BCUT2D eigenvalue weighted by Gasteiger charge is -2.24. The quantitative estimate of drug-likeness (QED) is 0.772. The fraction of sp³-hybridized carbons (Fsp3) is 0.500. The van der Waals surface area contributed by atoms with Gasteiger partial charge in [-0.25, -0.2) is 4.79 Å². The highest BCUT2D eigenvalue weighted by Crippen LogP contribution is 2.33. The first-order valence-corrected chi connectivity index (χ1v) is 9.92. The van der Waals surface area contributed by atoms with Gasteiger partial charge in [-0.1, -0.05) is 6.07 Å². The molecule has 0 saturated carbocycles. The molecule has 3 rings (SSSR count). The maximum atomic E-state index is 12.2. The van der Waals surface area contributed by atoms with Crippen LogP contribution in [0.4, 0.5) is 4.79 Å². The molecule has 1 atom stereocenters. The van der Waals surface area contributed by atoms with Gasteiger partial charge in [0.15, 0.2) is 0 Å². The van der Waals surface area contributed by atoms with Crippen LogP contribution in [0, 0.1) is 0 Å². The van der Waals surface area contributed by atoms with Gasteiger partial charge < -0.3 is 14.1 Å². The summed E-state index contributed by atoms with van der Waals surface area (Å²) in [5.41, 5.74) is 2.13. The van der Waals surface area contributed by atoms with Crippen LogP contribution in [0.5, 0.6) is 0 Å². The number of rotatable bonds is 5. The molecule has 2 heterocycles. The van der Waals surface area contributed by atoms with E-state index in [2.05, 4.69) is 5.32 Å². The van der Waals surface area contributed by atoms with E-state index in [4.69, 9.17) is 9.15 Å². The molecule has 3 amide bonds. The van der Waals surface area contributed by atoms with Crippen molar-refractivity contribution in [2.45, 2.75) is 58.0 Å². The molecule has 1 fully saturated rings. The second-order valence-electron chi connectivity index (χ2n) is 8.53. The molecule has 7 heteroatoms. The number of hydrogen-bond acceptors (Lipinski definition) is 5. The Balaban J connectivity index is 1.65. The Morgan fingerprint density at radius 1 is 1.31 bits per heavy atom. The second-order valence-corrected chi connectivity index (χ2v) is 8.53. The van der Waals surface area contributed by atoms with Crippen LogP contribution >= 0.6 is 0 Å². The molecule has 1 N–H and O–H groups in total. The Labute approximate surface area is 170 Å². The minimum atomic E-state index is -0.510. The summed E-state index contributed by atoms with van der Waals surface area (Å²) in [4.78, 5) is 37.3. The van der Waals surface area contributed by atoms with Crippen molar-refractivity contribution in [2.75, 3.05) is 13.6 Å². The maximum absolute atomic E-state index is 12.2. The molecule has 7 nitrogen and oxygen atoms in total. The lowest BCUT2D eigenvalue weighted by molar-refractivity contribution is -0.134. The number of ether oxygens (including phenoxy) is 1. The topological polar surface area (TPSA) is 88.9 Å². The maximum Gasteiger partial charge on any atom is 0.410 e. The number of amides is 3. The van der Waals surface area contributed by atoms with Gasteiger partial charge >= 0.3 is 6.09 Å². The average molecular weight is 400 g/mol. The van der Waals surface area contributed by atoms with Gasteiger partial charge in [0.25, 0.3) is 0 Å². The van der Waals surface area contributed by atoms with Gasteiger partial charge in [-0.05, 0) is 57.7 Å². The zero-order valence-corrected chi connectivity index (χ0v) is 17.4. The molecule has 1 unspecified atom stereocenters. The van der Waals surface area contributed by atoms with Crippen molar-refractivity contribution in [1.29, 1.82) is 0 Å². The number of carbonyl (C=O) groups excluding carboxylic acids is 3. The Morgan fingerprint density at radius 3 is 2.76 bits per heavy atom. The molecular weight excluding hydrogens is 372 g/mol. The summed E-state index contributed by atoms with van der Waals surface area (Å²) >= 11 is 0. The van der Waals surface area contributed by atoms with Crippen molar-refractivity contribution in [3.63, 3.8) is 0 Å². The highest BCUT2D eigenvalue weighted by molar-refractivity contribution is 6.02. The van der Waals surface area contributed by atoms with Crippen LogP contribution in [0.1, 0.15) is 57.1 Å². The van der Waals surface area contributed by atoms with Crippen molar-refractivity contribution >= 4 is 28.9 Å². The van der Waals surface area contributed by atoms with Crippen molar-refractivity contribution in [3.05, 3.63) is 35.6 Å². The first kappa shape index (κ1) is 20.9. The standard InChI is InChI=1S/C22H28N2O5/c1-22(2,3)29-21(27)24(4)11-5-6-14-7-9-18-16(12-14)17(13-28-18)15-8-10-19(25)23-20(15)26/h7,9,12-13,15H,5-6,8,10-11H2,1-4H3,(H,23,25,26). The lowest BCUT2D eigenvalue weighted by atomic mass is 9.90. The third kappa shape index (κ3) is 5.16. The predicted molar refractivity (Wildman–Crippen MR) is 109 cm³/mol. The number of carbonyl (C=O) groups is 3. The molecule has 1 saturated heterocycles. The van der Waals surface area contributed by atoms with Crippen molar-refractivity contribution in [1.82, 2.24) is 10.2 Å². The van der Waals surface area contributed by atoms with Crippen LogP contribution in [0.25, 0.3) is 11.0 Å². The van der Waals surface area contributed by atoms with E-state index in [1.807, 2.05) is 39.0 Å². The van der Waals surface area contributed by atoms with E-state index in [0.29, 0.717) is 19.4 Å². The molecule has 29 heavy (non-hydrogen) atoms. The molecule has 0 aliphatic carbocycles. The first-order valence-electron chi connectivity index (χ1n) is 9.92. The third-order valence-electron chi connectivity index (χ3n) is 4.95. The van der Waals surface area contributed by atoms with Crippen molar-refractivity contribution < 1.29 is 23.5 Å². The molecule has 0 spiro atoms. The van der Waals surface area contributed by atoms with Crippen LogP contribution < -0.4 is 5.32 Å². The van der Waals surface area contributed by atoms with Gasteiger partial charge in [0.05, 0.1) is 12.2 Å². The normalized spacial score (nSPS) is 17.3. The molecule has 1 aromatic heterocycles. The van der Waals surface area contributed by atoms with Gasteiger partial charge in [0.1, 0.15) is 11.2 Å². The van der Waals surface area contributed by atoms with Crippen LogP contribution in [-0.2, 0) is 20.7 Å². The van der Waals surface area contributed by atoms with E-state index in [1.165, 1.54) is 0 Å². The van der Waals surface area contributed by atoms with Crippen LogP contribution in [0.15, 0.2) is 28.9 Å². The molecule has 0 radical (unpaired) electrons. The van der Waals surface area contributed by atoms with E-state index >= 15 is 0 Å². The molecule has 1 aliphatic heterocycles. The highest BCUT2D eigenvalue weighted by Gasteiger charge is 2.30. The smallest absolute Gasteiger partial charge is 0.410 e. The number of fused-ring (bicyclic) bond motifs is 1. The molecule has 2 aromatic rings. The van der Waals surface area contributed by atoms with Gasteiger partial charge in [0, 0.05) is 31.0 Å². The van der Waals surface area contributed by atoms with E-state index in [1.54, 1.807) is 18.2 Å². The van der Waals surface area contributed by atoms with E-state index in [-0.39, 0.29) is 23.8 Å². The SMILES string of the molecule is CN(CCCc1ccc2occ(C3CCC(=O)NC3=O)c2c1)C(=O)OC(C)(C)C. The van der Waals surface area contributed by atoms with Gasteiger partial charge in [-0.3, -0.25) is 14.9 Å². The number of furan rings is 1. The summed E-state index contributed by atoms with van der Waals surface area (Å²) in [6.45, 7) is 6.12. The fourth-order valence-electron chi connectivity index (χ4n) is 3.46. The summed E-state index contributed by atoms with van der Waals surface area (Å²) in [6, 6.07) is 5.93. The average Bonchev–Trinajstić information content (AvgIpc) is 3.03. The largest absolute Gasteiger partial charge is 0.464 e. The monoisotopic (exact) mass is 400 g/mol. The molecule has 1 aromatic carbocycles. The van der Waals surface area contributed by atoms with Crippen LogP contribution in [-0.4, -0.2) is 42.0 Å². The molecule has 1 aliphatic rings. The van der Waals surface area contributed by atoms with Crippen LogP contribution in [0.3, 0.4) is 0 Å². The van der Waals surface area contributed by atoms with Gasteiger partial charge in [-0.15, -0.1) is 0 Å². The number of hydrogen-bond donors (Lipinski definition) is 1. The van der Waals surface area contributed by atoms with Gasteiger partial charge in [0.2, 0.25) is 11.8 Å². The van der Waals surface area contributed by atoms with E-state index in [0.717, 1.165) is 34.9 Å². The summed E-state index contributed by atoms with van der Waals surface area (Å²) < 4.78 is 11.0. The predicted octanol–water partition coefficient (Wildman–Crippen LogP) is 3.75. The number of nitrogens with zero attached hydrogens (tertiary/aromatic N) is 1. The van der Waals surface area contributed by atoms with E-state index in [9.17, 15) is 14.4 Å². The summed E-state index contributed by atoms with van der Waals surface area (Å²) in [7, 11) is 1.73. The zero-order chi connectivity index (χ0) is 21.2. The summed E-state index contributed by atoms with van der Waals surface area (Å²) in [5, 5.41) is 3.30. The Bertz CT molecular complexity index is 925. The number of benzene rings is 1. The lowest BCUT2D eigenvalue weighted by Crippen LogP contribution is -2.39. The Morgan fingerprint density at radius 2 is 2.07 bits per heavy atom. The Hall–Kier alpha value is -2.83. The second kappa shape index (κ2) is 8.27. The van der Waals surface area contributed by atoms with Crippen molar-refractivity contribution in [3.8, 4) is 0 Å². The third-order valence-corrected chi connectivity index (χ3v) is 4.95. The fourth-order valence-corrected chi connectivity index (χ4v) is 3.46. The number of imide groups is 1. The minimum absolute atomic E-state index is 0.228. The highest BCUT2D eigenvalue weighted by atomic mass is 16.6. The molecular formula is C22H28N2O5. The summed E-state index contributed by atoms with van der Waals surface area (Å²) in [5.74, 6) is -0.871. The van der Waals surface area contributed by atoms with Crippen molar-refractivity contribution in [2.24, 2.45) is 0 Å². The molecule has 156 valence electrons. The van der Waals surface area contributed by atoms with E-state index < -0.39 is 5.60 Å². The molecule has 0 bridgehead atoms. The van der Waals surface area contributed by atoms with Gasteiger partial charge in [-0.2, -0.15) is 0 Å². The summed E-state index contributed by atoms with van der Waals surface area (Å²) in [6.07, 6.45) is 3.67. The first-order chi connectivity index (χ1) is 13.6. The minimum Gasteiger partial charge on any atom is -0.464 e. The number of piperidine rings is 1. The number of nitrogens with one attached hydrogen (secondary N) is 1. The Kier molecular flexibility index (Phi) is 5.96. The zero-order valence-electron chi connectivity index (χ0n) is 17.4.